The molecule has 0 aliphatic carbocycles. The number of amides is 2. The number of hydrogen-bond acceptors (Lipinski definition) is 5. The Kier molecular flexibility index (Phi) is 4.95. The fourth-order valence-electron chi connectivity index (χ4n) is 3.49. The first-order chi connectivity index (χ1) is 12.6. The van der Waals surface area contributed by atoms with Crippen molar-refractivity contribution in [2.45, 2.75) is 6.42 Å². The van der Waals surface area contributed by atoms with Crippen molar-refractivity contribution in [3.63, 3.8) is 0 Å². The molecule has 0 spiro atoms. The van der Waals surface area contributed by atoms with E-state index >= 15 is 0 Å². The van der Waals surface area contributed by atoms with Crippen LogP contribution in [0.5, 0.6) is 0 Å². The molecule has 1 aromatic heterocycles. The number of anilines is 2. The zero-order valence-corrected chi connectivity index (χ0v) is 16.6. The van der Waals surface area contributed by atoms with Crippen LogP contribution in [0.25, 0.3) is 0 Å². The average molecular weight is 435 g/mol. The van der Waals surface area contributed by atoms with Gasteiger partial charge in [-0.25, -0.2) is 4.98 Å². The largest absolute Gasteiger partial charge is 0.345 e. The smallest absolute Gasteiger partial charge is 0.228 e. The summed E-state index contributed by atoms with van der Waals surface area (Å²) in [7, 11) is 0. The third-order valence-electron chi connectivity index (χ3n) is 4.89. The number of nitrogens with zero attached hydrogens (tertiary/aromatic N) is 4. The van der Waals surface area contributed by atoms with Gasteiger partial charge in [-0.1, -0.05) is 15.9 Å². The Morgan fingerprint density at radius 3 is 2.54 bits per heavy atom. The number of hydrogen-bond donors (Lipinski definition) is 0. The Bertz CT molecular complexity index is 788. The van der Waals surface area contributed by atoms with Crippen LogP contribution in [0.2, 0.25) is 0 Å². The number of rotatable bonds is 3. The first kappa shape index (κ1) is 17.5. The van der Waals surface area contributed by atoms with E-state index in [1.165, 1.54) is 0 Å². The summed E-state index contributed by atoms with van der Waals surface area (Å²) in [6.07, 6.45) is 2.10. The van der Waals surface area contributed by atoms with E-state index in [2.05, 4.69) is 25.8 Å². The molecule has 2 aliphatic heterocycles. The molecule has 0 saturated carbocycles. The second kappa shape index (κ2) is 7.36. The van der Waals surface area contributed by atoms with Gasteiger partial charge in [-0.05, 0) is 24.3 Å². The van der Waals surface area contributed by atoms with Crippen molar-refractivity contribution in [2.75, 3.05) is 42.5 Å². The van der Waals surface area contributed by atoms with Gasteiger partial charge >= 0.3 is 0 Å². The molecule has 6 nitrogen and oxygen atoms in total. The van der Waals surface area contributed by atoms with E-state index in [0.29, 0.717) is 26.1 Å². The summed E-state index contributed by atoms with van der Waals surface area (Å²) in [5.74, 6) is -0.138. The summed E-state index contributed by atoms with van der Waals surface area (Å²) >= 11 is 5.02. The highest BCUT2D eigenvalue weighted by atomic mass is 79.9. The molecular weight excluding hydrogens is 416 g/mol. The zero-order valence-electron chi connectivity index (χ0n) is 14.2. The Morgan fingerprint density at radius 1 is 1.15 bits per heavy atom. The minimum absolute atomic E-state index is 0.0205. The quantitative estimate of drug-likeness (QED) is 0.744. The average Bonchev–Trinajstić information content (AvgIpc) is 3.32. The Morgan fingerprint density at radius 2 is 1.88 bits per heavy atom. The molecule has 0 radical (unpaired) electrons. The van der Waals surface area contributed by atoms with E-state index < -0.39 is 0 Å². The van der Waals surface area contributed by atoms with Crippen molar-refractivity contribution in [1.29, 1.82) is 0 Å². The number of benzene rings is 1. The summed E-state index contributed by atoms with van der Waals surface area (Å²) < 4.78 is 0.971. The number of aromatic nitrogens is 1. The lowest BCUT2D eigenvalue weighted by Gasteiger charge is -2.35. The molecule has 136 valence electrons. The highest BCUT2D eigenvalue weighted by molar-refractivity contribution is 9.10. The second-order valence-electron chi connectivity index (χ2n) is 6.51. The molecular formula is C18H19BrN4O2S. The molecule has 26 heavy (non-hydrogen) atoms. The minimum Gasteiger partial charge on any atom is -0.345 e. The predicted octanol–water partition coefficient (Wildman–Crippen LogP) is 2.61. The molecule has 4 rings (SSSR count). The van der Waals surface area contributed by atoms with Gasteiger partial charge in [0.1, 0.15) is 0 Å². The normalized spacial score (nSPS) is 20.7. The Hall–Kier alpha value is -1.93. The molecule has 2 fully saturated rings. The van der Waals surface area contributed by atoms with Crippen molar-refractivity contribution < 1.29 is 9.59 Å². The molecule has 2 aliphatic rings. The lowest BCUT2D eigenvalue weighted by atomic mass is 10.1. The van der Waals surface area contributed by atoms with E-state index in [9.17, 15) is 9.59 Å². The molecule has 2 aromatic rings. The lowest BCUT2D eigenvalue weighted by molar-refractivity contribution is -0.136. The van der Waals surface area contributed by atoms with E-state index in [0.717, 1.165) is 28.4 Å². The van der Waals surface area contributed by atoms with Crippen LogP contribution in [0.4, 0.5) is 10.8 Å². The van der Waals surface area contributed by atoms with Crippen LogP contribution in [0.3, 0.4) is 0 Å². The predicted molar refractivity (Wildman–Crippen MR) is 106 cm³/mol. The van der Waals surface area contributed by atoms with E-state index in [1.807, 2.05) is 34.5 Å². The maximum absolute atomic E-state index is 12.9. The van der Waals surface area contributed by atoms with Crippen LogP contribution >= 0.6 is 27.3 Å². The van der Waals surface area contributed by atoms with Gasteiger partial charge in [0.15, 0.2) is 5.13 Å². The van der Waals surface area contributed by atoms with Gasteiger partial charge in [0.25, 0.3) is 0 Å². The van der Waals surface area contributed by atoms with Gasteiger partial charge in [-0.2, -0.15) is 0 Å². The molecule has 3 heterocycles. The molecule has 0 unspecified atom stereocenters. The molecule has 2 amide bonds. The first-order valence-electron chi connectivity index (χ1n) is 8.61. The van der Waals surface area contributed by atoms with E-state index in [-0.39, 0.29) is 17.7 Å². The van der Waals surface area contributed by atoms with Gasteiger partial charge in [0.05, 0.1) is 5.92 Å². The highest BCUT2D eigenvalue weighted by Crippen LogP contribution is 2.28. The maximum atomic E-state index is 12.9. The van der Waals surface area contributed by atoms with E-state index in [1.54, 1.807) is 22.4 Å². The SMILES string of the molecule is O=C([C@@H]1CC(=O)N(c2ccc(Br)cc2)C1)N1CCN(c2nccs2)CC1. The van der Waals surface area contributed by atoms with Crippen LogP contribution < -0.4 is 9.80 Å². The minimum atomic E-state index is -0.252. The zero-order chi connectivity index (χ0) is 18.1. The van der Waals surface area contributed by atoms with E-state index in [4.69, 9.17) is 0 Å². The summed E-state index contributed by atoms with van der Waals surface area (Å²) in [4.78, 5) is 35.4. The first-order valence-corrected chi connectivity index (χ1v) is 10.3. The molecule has 1 aromatic carbocycles. The number of carbonyl (C=O) groups excluding carboxylic acids is 2. The highest BCUT2D eigenvalue weighted by Gasteiger charge is 2.38. The summed E-state index contributed by atoms with van der Waals surface area (Å²) in [5.41, 5.74) is 0.849. The maximum Gasteiger partial charge on any atom is 0.228 e. The fraction of sp³-hybridized carbons (Fsp3) is 0.389. The van der Waals surface area contributed by atoms with Crippen molar-refractivity contribution in [3.05, 3.63) is 40.3 Å². The number of thiazole rings is 1. The van der Waals surface area contributed by atoms with Gasteiger partial charge in [0.2, 0.25) is 11.8 Å². The fourth-order valence-corrected chi connectivity index (χ4v) is 4.45. The summed E-state index contributed by atoms with van der Waals surface area (Å²) in [6, 6.07) is 7.63. The monoisotopic (exact) mass is 434 g/mol. The number of carbonyl (C=O) groups is 2. The van der Waals surface area contributed by atoms with Gasteiger partial charge < -0.3 is 14.7 Å². The van der Waals surface area contributed by atoms with Gasteiger partial charge in [-0.3, -0.25) is 9.59 Å². The van der Waals surface area contributed by atoms with Crippen LogP contribution in [0, 0.1) is 5.92 Å². The van der Waals surface area contributed by atoms with Gasteiger partial charge in [0, 0.05) is 60.9 Å². The Labute approximate surface area is 164 Å². The van der Waals surface area contributed by atoms with Crippen LogP contribution in [-0.4, -0.2) is 54.4 Å². The molecule has 8 heteroatoms. The third kappa shape index (κ3) is 3.48. The second-order valence-corrected chi connectivity index (χ2v) is 8.30. The van der Waals surface area contributed by atoms with Crippen molar-refractivity contribution in [2.24, 2.45) is 5.92 Å². The number of halogens is 1. The van der Waals surface area contributed by atoms with Crippen LogP contribution in [0.1, 0.15) is 6.42 Å². The molecule has 0 bridgehead atoms. The van der Waals surface area contributed by atoms with Crippen molar-refractivity contribution in [1.82, 2.24) is 9.88 Å². The molecule has 0 N–H and O–H groups in total. The Balaban J connectivity index is 1.37. The lowest BCUT2D eigenvalue weighted by Crippen LogP contribution is -2.50. The standard InChI is InChI=1S/C18H19BrN4O2S/c19-14-1-3-15(4-2-14)23-12-13(11-16(23)24)17(25)21-6-8-22(9-7-21)18-20-5-10-26-18/h1-5,10,13H,6-9,11-12H2/t13-/m1/s1. The third-order valence-corrected chi connectivity index (χ3v) is 6.25. The van der Waals surface area contributed by atoms with Gasteiger partial charge in [-0.15, -0.1) is 11.3 Å². The van der Waals surface area contributed by atoms with Crippen LogP contribution in [0.15, 0.2) is 40.3 Å². The topological polar surface area (TPSA) is 56.8 Å². The molecule has 2 saturated heterocycles. The number of piperazine rings is 1. The molecule has 1 atom stereocenters. The summed E-state index contributed by atoms with van der Waals surface area (Å²) in [5, 5.41) is 2.97. The van der Waals surface area contributed by atoms with Crippen molar-refractivity contribution in [3.8, 4) is 0 Å². The van der Waals surface area contributed by atoms with Crippen LogP contribution in [-0.2, 0) is 9.59 Å². The van der Waals surface area contributed by atoms with Crippen molar-refractivity contribution >= 4 is 49.9 Å². The summed E-state index contributed by atoms with van der Waals surface area (Å²) in [6.45, 7) is 3.40.